The predicted molar refractivity (Wildman–Crippen MR) is 122 cm³/mol. The fraction of sp³-hybridized carbons (Fsp3) is 0.360. The van der Waals surface area contributed by atoms with Gasteiger partial charge < -0.3 is 14.5 Å². The largest absolute Gasteiger partial charge is 0.495 e. The molecule has 162 valence electrons. The fourth-order valence-corrected chi connectivity index (χ4v) is 4.30. The molecule has 0 bridgehead atoms. The number of carbonyl (C=O) groups excluding carboxylic acids is 2. The third-order valence-electron chi connectivity index (χ3n) is 5.96. The number of ether oxygens (including phenoxy) is 1. The molecule has 31 heavy (non-hydrogen) atoms. The maximum atomic E-state index is 13.3. The average Bonchev–Trinajstić information content (AvgIpc) is 3.07. The average molecular weight is 420 g/mol. The number of unbranched alkanes of at least 4 members (excludes halogenated alkanes) is 1. The van der Waals surface area contributed by atoms with Crippen molar-refractivity contribution in [3.63, 3.8) is 0 Å². The smallest absolute Gasteiger partial charge is 0.277 e. The quantitative estimate of drug-likeness (QED) is 0.644. The van der Waals surface area contributed by atoms with Crippen molar-refractivity contribution in [1.29, 1.82) is 0 Å². The van der Waals surface area contributed by atoms with Crippen molar-refractivity contribution in [1.82, 2.24) is 9.80 Å². The van der Waals surface area contributed by atoms with Gasteiger partial charge in [-0.3, -0.25) is 14.5 Å². The first-order valence-electron chi connectivity index (χ1n) is 10.9. The first kappa shape index (κ1) is 21.0. The minimum Gasteiger partial charge on any atom is -0.495 e. The number of hydrogen-bond acceptors (Lipinski definition) is 5. The summed E-state index contributed by atoms with van der Waals surface area (Å²) in [5.74, 6) is 0.507. The highest BCUT2D eigenvalue weighted by Crippen LogP contribution is 2.34. The molecule has 2 aliphatic rings. The number of carbonyl (C=O) groups is 2. The van der Waals surface area contributed by atoms with E-state index in [0.717, 1.165) is 42.9 Å². The minimum absolute atomic E-state index is 0.164. The maximum Gasteiger partial charge on any atom is 0.277 e. The van der Waals surface area contributed by atoms with Gasteiger partial charge in [0.2, 0.25) is 0 Å². The van der Waals surface area contributed by atoms with Gasteiger partial charge >= 0.3 is 0 Å². The monoisotopic (exact) mass is 419 g/mol. The van der Waals surface area contributed by atoms with Crippen LogP contribution in [0.2, 0.25) is 0 Å². The predicted octanol–water partition coefficient (Wildman–Crippen LogP) is 3.40. The van der Waals surface area contributed by atoms with Gasteiger partial charge in [-0.2, -0.15) is 0 Å². The third-order valence-corrected chi connectivity index (χ3v) is 5.96. The molecular weight excluding hydrogens is 390 g/mol. The minimum atomic E-state index is -0.174. The molecule has 2 heterocycles. The Morgan fingerprint density at radius 3 is 2.16 bits per heavy atom. The van der Waals surface area contributed by atoms with Gasteiger partial charge in [0.15, 0.2) is 0 Å². The molecule has 4 rings (SSSR count). The summed E-state index contributed by atoms with van der Waals surface area (Å²) in [4.78, 5) is 32.3. The van der Waals surface area contributed by atoms with Gasteiger partial charge in [0.25, 0.3) is 11.8 Å². The molecule has 6 nitrogen and oxygen atoms in total. The summed E-state index contributed by atoms with van der Waals surface area (Å²) >= 11 is 0. The number of methoxy groups -OCH3 is 1. The van der Waals surface area contributed by atoms with Crippen LogP contribution >= 0.6 is 0 Å². The number of rotatable bonds is 7. The van der Waals surface area contributed by atoms with Gasteiger partial charge in [0.1, 0.15) is 11.4 Å². The van der Waals surface area contributed by atoms with Gasteiger partial charge in [0, 0.05) is 32.7 Å². The lowest BCUT2D eigenvalue weighted by molar-refractivity contribution is -0.137. The van der Waals surface area contributed by atoms with E-state index in [0.29, 0.717) is 30.9 Å². The van der Waals surface area contributed by atoms with E-state index in [-0.39, 0.29) is 11.8 Å². The fourth-order valence-electron chi connectivity index (χ4n) is 4.30. The molecule has 2 aliphatic heterocycles. The number of para-hydroxylation sites is 2. The number of piperazine rings is 1. The van der Waals surface area contributed by atoms with Crippen LogP contribution in [0.3, 0.4) is 0 Å². The molecule has 0 saturated carbocycles. The van der Waals surface area contributed by atoms with Crippen LogP contribution in [0.1, 0.15) is 25.3 Å². The lowest BCUT2D eigenvalue weighted by atomic mass is 10.0. The first-order chi connectivity index (χ1) is 15.2. The molecule has 1 saturated heterocycles. The normalized spacial score (nSPS) is 17.0. The zero-order chi connectivity index (χ0) is 21.8. The molecule has 0 N–H and O–H groups in total. The molecular formula is C25H29N3O3. The number of imide groups is 1. The Labute approximate surface area is 183 Å². The van der Waals surface area contributed by atoms with E-state index in [9.17, 15) is 9.59 Å². The molecule has 2 aromatic carbocycles. The van der Waals surface area contributed by atoms with E-state index >= 15 is 0 Å². The van der Waals surface area contributed by atoms with Crippen molar-refractivity contribution >= 4 is 23.1 Å². The summed E-state index contributed by atoms with van der Waals surface area (Å²) in [6, 6.07) is 17.5. The highest BCUT2D eigenvalue weighted by Gasteiger charge is 2.41. The molecule has 0 atom stereocenters. The second kappa shape index (κ2) is 9.25. The van der Waals surface area contributed by atoms with Crippen molar-refractivity contribution in [2.75, 3.05) is 44.7 Å². The van der Waals surface area contributed by atoms with Gasteiger partial charge in [-0.1, -0.05) is 55.8 Å². The van der Waals surface area contributed by atoms with E-state index in [1.54, 1.807) is 7.11 Å². The molecule has 2 amide bonds. The van der Waals surface area contributed by atoms with E-state index < -0.39 is 0 Å². The summed E-state index contributed by atoms with van der Waals surface area (Å²) in [5, 5.41) is 0. The van der Waals surface area contributed by atoms with Crippen molar-refractivity contribution in [3.05, 3.63) is 65.9 Å². The Morgan fingerprint density at radius 1 is 0.839 bits per heavy atom. The zero-order valence-corrected chi connectivity index (χ0v) is 18.2. The van der Waals surface area contributed by atoms with E-state index in [2.05, 4.69) is 22.8 Å². The lowest BCUT2D eigenvalue weighted by Gasteiger charge is -2.38. The van der Waals surface area contributed by atoms with Crippen molar-refractivity contribution in [3.8, 4) is 5.75 Å². The van der Waals surface area contributed by atoms with E-state index in [4.69, 9.17) is 4.74 Å². The van der Waals surface area contributed by atoms with Crippen LogP contribution in [0.5, 0.6) is 5.75 Å². The molecule has 6 heteroatoms. The second-order valence-corrected chi connectivity index (χ2v) is 7.85. The van der Waals surface area contributed by atoms with Crippen LogP contribution in [0.15, 0.2) is 60.3 Å². The van der Waals surface area contributed by atoms with Crippen molar-refractivity contribution in [2.45, 2.75) is 19.8 Å². The van der Waals surface area contributed by atoms with Crippen LogP contribution in [0, 0.1) is 0 Å². The van der Waals surface area contributed by atoms with Gasteiger partial charge in [-0.15, -0.1) is 0 Å². The summed E-state index contributed by atoms with van der Waals surface area (Å²) in [6.45, 7) is 5.38. The Morgan fingerprint density at radius 2 is 1.48 bits per heavy atom. The summed E-state index contributed by atoms with van der Waals surface area (Å²) in [5.41, 5.74) is 2.95. The van der Waals surface area contributed by atoms with Crippen LogP contribution in [-0.2, 0) is 9.59 Å². The molecule has 0 aromatic heterocycles. The Kier molecular flexibility index (Phi) is 6.26. The topological polar surface area (TPSA) is 53.1 Å². The number of nitrogens with zero attached hydrogens (tertiary/aromatic N) is 3. The lowest BCUT2D eigenvalue weighted by Crippen LogP contribution is -2.47. The molecule has 0 aliphatic carbocycles. The Bertz CT molecular complexity index is 979. The SMILES string of the molecule is CCCCN1C(=O)C(c2ccccc2)=C(N2CCN(c3ccccc3OC)CC2)C1=O. The van der Waals surface area contributed by atoms with Crippen LogP contribution < -0.4 is 9.64 Å². The number of benzene rings is 2. The van der Waals surface area contributed by atoms with Crippen LogP contribution in [0.25, 0.3) is 5.57 Å². The molecule has 2 aromatic rings. The highest BCUT2D eigenvalue weighted by atomic mass is 16.5. The first-order valence-corrected chi connectivity index (χ1v) is 10.9. The van der Waals surface area contributed by atoms with Crippen molar-refractivity contribution in [2.24, 2.45) is 0 Å². The molecule has 0 radical (unpaired) electrons. The second-order valence-electron chi connectivity index (χ2n) is 7.85. The number of amides is 2. The van der Waals surface area contributed by atoms with Crippen LogP contribution in [-0.4, -0.2) is 61.4 Å². The standard InChI is InChI=1S/C25H29N3O3/c1-3-4-14-28-24(29)22(19-10-6-5-7-11-19)23(25(28)30)27-17-15-26(16-18-27)20-12-8-9-13-21(20)31-2/h5-13H,3-4,14-18H2,1-2H3. The highest BCUT2D eigenvalue weighted by molar-refractivity contribution is 6.35. The zero-order valence-electron chi connectivity index (χ0n) is 18.2. The van der Waals surface area contributed by atoms with Crippen LogP contribution in [0.4, 0.5) is 5.69 Å². The van der Waals surface area contributed by atoms with Gasteiger partial charge in [-0.25, -0.2) is 0 Å². The number of anilines is 1. The van der Waals surface area contributed by atoms with Gasteiger partial charge in [-0.05, 0) is 24.1 Å². The molecule has 1 fully saturated rings. The molecule has 0 unspecified atom stereocenters. The Hall–Kier alpha value is -3.28. The summed E-state index contributed by atoms with van der Waals surface area (Å²) in [7, 11) is 1.68. The van der Waals surface area contributed by atoms with Gasteiger partial charge in [0.05, 0.1) is 18.4 Å². The van der Waals surface area contributed by atoms with E-state index in [1.807, 2.05) is 48.5 Å². The third kappa shape index (κ3) is 4.02. The maximum absolute atomic E-state index is 13.3. The molecule has 0 spiro atoms. The summed E-state index contributed by atoms with van der Waals surface area (Å²) < 4.78 is 5.51. The number of hydrogen-bond donors (Lipinski definition) is 0. The summed E-state index contributed by atoms with van der Waals surface area (Å²) in [6.07, 6.45) is 1.75. The van der Waals surface area contributed by atoms with Crippen molar-refractivity contribution < 1.29 is 14.3 Å². The Balaban J connectivity index is 1.61. The van der Waals surface area contributed by atoms with E-state index in [1.165, 1.54) is 4.90 Å².